The highest BCUT2D eigenvalue weighted by atomic mass is 16.6. The van der Waals surface area contributed by atoms with E-state index in [9.17, 15) is 4.79 Å². The minimum absolute atomic E-state index is 0.0252. The molecule has 0 aromatic carbocycles. The molecule has 1 aliphatic heterocycles. The predicted octanol–water partition coefficient (Wildman–Crippen LogP) is 2.87. The lowest BCUT2D eigenvalue weighted by Gasteiger charge is -2.31. The second-order valence-corrected chi connectivity index (χ2v) is 7.89. The number of ether oxygens (including phenoxy) is 1. The first kappa shape index (κ1) is 18.6. The molecule has 6 heteroatoms. The number of nitrogens with one attached hydrogen (secondary N) is 1. The van der Waals surface area contributed by atoms with E-state index < -0.39 is 5.60 Å². The highest BCUT2D eigenvalue weighted by Gasteiger charge is 2.22. The van der Waals surface area contributed by atoms with Crippen molar-refractivity contribution in [3.05, 3.63) is 23.3 Å². The Morgan fingerprint density at radius 2 is 2.08 bits per heavy atom. The molecule has 1 unspecified atom stereocenters. The minimum atomic E-state index is -0.473. The van der Waals surface area contributed by atoms with Crippen molar-refractivity contribution in [1.29, 1.82) is 0 Å². The van der Waals surface area contributed by atoms with Crippen molar-refractivity contribution in [3.8, 4) is 0 Å². The Labute approximate surface area is 145 Å². The first-order valence-electron chi connectivity index (χ1n) is 8.70. The molecule has 1 aliphatic rings. The molecular weight excluding hydrogens is 304 g/mol. The van der Waals surface area contributed by atoms with Gasteiger partial charge in [0.1, 0.15) is 11.4 Å². The molecule has 1 N–H and O–H groups in total. The highest BCUT2D eigenvalue weighted by Crippen LogP contribution is 2.19. The van der Waals surface area contributed by atoms with Crippen molar-refractivity contribution in [2.75, 3.05) is 13.1 Å². The zero-order valence-electron chi connectivity index (χ0n) is 15.7. The zero-order chi connectivity index (χ0) is 17.9. The minimum Gasteiger partial charge on any atom is -0.444 e. The quantitative estimate of drug-likeness (QED) is 0.917. The van der Waals surface area contributed by atoms with Gasteiger partial charge < -0.3 is 10.1 Å². The molecule has 0 radical (unpaired) electrons. The Kier molecular flexibility index (Phi) is 5.80. The summed E-state index contributed by atoms with van der Waals surface area (Å²) >= 11 is 0. The first-order valence-corrected chi connectivity index (χ1v) is 8.70. The number of carbonyl (C=O) groups is 1. The molecule has 1 aromatic heterocycles. The predicted molar refractivity (Wildman–Crippen MR) is 93.9 cm³/mol. The maximum absolute atomic E-state index is 11.8. The van der Waals surface area contributed by atoms with E-state index >= 15 is 0 Å². The van der Waals surface area contributed by atoms with Gasteiger partial charge in [-0.15, -0.1) is 0 Å². The summed E-state index contributed by atoms with van der Waals surface area (Å²) in [5, 5.41) is 2.90. The first-order chi connectivity index (χ1) is 11.1. The molecule has 24 heavy (non-hydrogen) atoms. The van der Waals surface area contributed by atoms with Crippen LogP contribution in [0.15, 0.2) is 6.20 Å². The van der Waals surface area contributed by atoms with E-state index in [2.05, 4.69) is 34.0 Å². The number of hydrogen-bond acceptors (Lipinski definition) is 5. The summed E-state index contributed by atoms with van der Waals surface area (Å²) < 4.78 is 5.30. The number of fused-ring (bicyclic) bond motifs is 1. The summed E-state index contributed by atoms with van der Waals surface area (Å²) in [6.45, 7) is 14.4. The third-order valence-corrected chi connectivity index (χ3v) is 3.84. The molecule has 1 amide bonds. The fourth-order valence-electron chi connectivity index (χ4n) is 2.77. The molecule has 0 saturated heterocycles. The molecular formula is C18H30N4O2. The van der Waals surface area contributed by atoms with Crippen molar-refractivity contribution >= 4 is 6.09 Å². The second-order valence-electron chi connectivity index (χ2n) is 7.89. The lowest BCUT2D eigenvalue weighted by atomic mass is 10.1. The molecule has 2 heterocycles. The van der Waals surface area contributed by atoms with E-state index in [1.165, 1.54) is 5.56 Å². The van der Waals surface area contributed by atoms with Crippen LogP contribution in [-0.2, 0) is 17.7 Å². The van der Waals surface area contributed by atoms with E-state index in [1.54, 1.807) is 0 Å². The Balaban J connectivity index is 1.88. The largest absolute Gasteiger partial charge is 0.444 e. The van der Waals surface area contributed by atoms with E-state index in [-0.39, 0.29) is 12.1 Å². The van der Waals surface area contributed by atoms with Crippen molar-refractivity contribution in [3.63, 3.8) is 0 Å². The van der Waals surface area contributed by atoms with Crippen LogP contribution in [0.3, 0.4) is 0 Å². The third-order valence-electron chi connectivity index (χ3n) is 3.84. The molecule has 0 aliphatic carbocycles. The smallest absolute Gasteiger partial charge is 0.407 e. The topological polar surface area (TPSA) is 67.4 Å². The van der Waals surface area contributed by atoms with Gasteiger partial charge in [0.2, 0.25) is 0 Å². The lowest BCUT2D eigenvalue weighted by molar-refractivity contribution is 0.0495. The SMILES string of the molecule is CC(CN1CCc2nc(C(C)C)ncc2C1)NC(=O)OC(C)(C)C. The number of rotatable bonds is 4. The van der Waals surface area contributed by atoms with Crippen molar-refractivity contribution < 1.29 is 9.53 Å². The molecule has 2 rings (SSSR count). The Hall–Kier alpha value is -1.69. The van der Waals surface area contributed by atoms with E-state index in [1.807, 2.05) is 33.9 Å². The van der Waals surface area contributed by atoms with Gasteiger partial charge in [-0.1, -0.05) is 13.8 Å². The third kappa shape index (κ3) is 5.44. The molecule has 0 bridgehead atoms. The average Bonchev–Trinajstić information content (AvgIpc) is 2.44. The summed E-state index contributed by atoms with van der Waals surface area (Å²) in [5.74, 6) is 1.27. The van der Waals surface area contributed by atoms with E-state index in [0.717, 1.165) is 37.6 Å². The lowest BCUT2D eigenvalue weighted by Crippen LogP contribution is -2.45. The van der Waals surface area contributed by atoms with Gasteiger partial charge in [0.05, 0.1) is 0 Å². The van der Waals surface area contributed by atoms with Gasteiger partial charge in [0.15, 0.2) is 0 Å². The van der Waals surface area contributed by atoms with Crippen LogP contribution >= 0.6 is 0 Å². The van der Waals surface area contributed by atoms with Gasteiger partial charge in [-0.2, -0.15) is 0 Å². The summed E-state index contributed by atoms with van der Waals surface area (Å²) in [7, 11) is 0. The van der Waals surface area contributed by atoms with E-state index in [4.69, 9.17) is 4.74 Å². The van der Waals surface area contributed by atoms with Gasteiger partial charge in [0, 0.05) is 55.5 Å². The van der Waals surface area contributed by atoms with Crippen LogP contribution in [0.25, 0.3) is 0 Å². The van der Waals surface area contributed by atoms with Crippen LogP contribution in [0.1, 0.15) is 64.5 Å². The molecule has 1 aromatic rings. The van der Waals surface area contributed by atoms with Crippen LogP contribution in [0.4, 0.5) is 4.79 Å². The standard InChI is InChI=1S/C18H30N4O2/c1-12(2)16-19-9-14-11-22(8-7-15(14)21-16)10-13(3)20-17(23)24-18(4,5)6/h9,12-13H,7-8,10-11H2,1-6H3,(H,20,23). The summed E-state index contributed by atoms with van der Waals surface area (Å²) in [6, 6.07) is 0.0252. The Morgan fingerprint density at radius 1 is 1.38 bits per heavy atom. The number of amides is 1. The molecule has 1 atom stereocenters. The maximum atomic E-state index is 11.8. The molecule has 6 nitrogen and oxygen atoms in total. The Bertz CT molecular complexity index is 581. The van der Waals surface area contributed by atoms with Gasteiger partial charge in [0.25, 0.3) is 0 Å². The van der Waals surface area contributed by atoms with E-state index in [0.29, 0.717) is 5.92 Å². The van der Waals surface area contributed by atoms with Gasteiger partial charge in [-0.3, -0.25) is 4.90 Å². The number of nitrogens with zero attached hydrogens (tertiary/aromatic N) is 3. The monoisotopic (exact) mass is 334 g/mol. The molecule has 134 valence electrons. The van der Waals surface area contributed by atoms with Gasteiger partial charge >= 0.3 is 6.09 Å². The Morgan fingerprint density at radius 3 is 2.71 bits per heavy atom. The normalized spacial score (nSPS) is 16.6. The zero-order valence-corrected chi connectivity index (χ0v) is 15.7. The van der Waals surface area contributed by atoms with Crippen LogP contribution in [0, 0.1) is 0 Å². The molecule has 0 spiro atoms. The fraction of sp³-hybridized carbons (Fsp3) is 0.722. The average molecular weight is 334 g/mol. The number of hydrogen-bond donors (Lipinski definition) is 1. The van der Waals surface area contributed by atoms with Crippen LogP contribution in [-0.4, -0.2) is 45.7 Å². The molecule has 0 saturated carbocycles. The van der Waals surface area contributed by atoms with Crippen molar-refractivity contribution in [1.82, 2.24) is 20.2 Å². The maximum Gasteiger partial charge on any atom is 0.407 e. The fourth-order valence-corrected chi connectivity index (χ4v) is 2.77. The summed E-state index contributed by atoms with van der Waals surface area (Å²) in [5.41, 5.74) is 1.88. The second kappa shape index (κ2) is 7.47. The number of aromatic nitrogens is 2. The van der Waals surface area contributed by atoms with Crippen molar-refractivity contribution in [2.24, 2.45) is 0 Å². The van der Waals surface area contributed by atoms with Gasteiger partial charge in [-0.25, -0.2) is 14.8 Å². The van der Waals surface area contributed by atoms with Crippen LogP contribution < -0.4 is 5.32 Å². The summed E-state index contributed by atoms with van der Waals surface area (Å²) in [4.78, 5) is 23.3. The van der Waals surface area contributed by atoms with Crippen molar-refractivity contribution in [2.45, 2.75) is 72.1 Å². The number of carbonyl (C=O) groups excluding carboxylic acids is 1. The highest BCUT2D eigenvalue weighted by molar-refractivity contribution is 5.68. The molecule has 0 fully saturated rings. The summed E-state index contributed by atoms with van der Waals surface area (Å²) in [6.07, 6.45) is 2.52. The number of alkyl carbamates (subject to hydrolysis) is 1. The van der Waals surface area contributed by atoms with Gasteiger partial charge in [-0.05, 0) is 27.7 Å². The van der Waals surface area contributed by atoms with Crippen LogP contribution in [0.2, 0.25) is 0 Å². The van der Waals surface area contributed by atoms with Crippen LogP contribution in [0.5, 0.6) is 0 Å².